The highest BCUT2D eigenvalue weighted by atomic mass is 16.6. The van der Waals surface area contributed by atoms with E-state index < -0.39 is 10.9 Å². The minimum atomic E-state index is -0.671. The average molecular weight is 264 g/mol. The molecule has 7 heteroatoms. The molecule has 0 unspecified atom stereocenters. The van der Waals surface area contributed by atoms with Gasteiger partial charge in [0.1, 0.15) is 11.8 Å². The van der Waals surface area contributed by atoms with E-state index >= 15 is 0 Å². The molecule has 0 aliphatic heterocycles. The van der Waals surface area contributed by atoms with Gasteiger partial charge in [-0.3, -0.25) is 14.9 Å². The predicted molar refractivity (Wildman–Crippen MR) is 64.7 cm³/mol. The van der Waals surface area contributed by atoms with Gasteiger partial charge < -0.3 is 9.47 Å². The number of benzene rings is 1. The Kier molecular flexibility index (Phi) is 4.83. The molecule has 0 saturated heterocycles. The van der Waals surface area contributed by atoms with Crippen molar-refractivity contribution in [1.29, 1.82) is 5.26 Å². The molecule has 0 radical (unpaired) electrons. The quantitative estimate of drug-likeness (QED) is 0.454. The molecular weight excluding hydrogens is 252 g/mol. The fourth-order valence-electron chi connectivity index (χ4n) is 1.62. The van der Waals surface area contributed by atoms with Gasteiger partial charge in [0.05, 0.1) is 25.1 Å². The van der Waals surface area contributed by atoms with E-state index in [-0.39, 0.29) is 30.0 Å². The maximum atomic E-state index is 11.4. The number of methoxy groups -OCH3 is 1. The molecular formula is C12H12N2O5. The van der Waals surface area contributed by atoms with Crippen LogP contribution in [0.4, 0.5) is 5.69 Å². The van der Waals surface area contributed by atoms with Crippen LogP contribution < -0.4 is 4.74 Å². The highest BCUT2D eigenvalue weighted by Crippen LogP contribution is 2.31. The van der Waals surface area contributed by atoms with Gasteiger partial charge in [0.2, 0.25) is 0 Å². The number of carbonyl (C=O) groups is 1. The first-order valence-corrected chi connectivity index (χ1v) is 5.45. The number of nitriles is 1. The van der Waals surface area contributed by atoms with Crippen LogP contribution in [0.2, 0.25) is 0 Å². The summed E-state index contributed by atoms with van der Waals surface area (Å²) in [5.74, 6) is -0.455. The van der Waals surface area contributed by atoms with Crippen LogP contribution in [0.1, 0.15) is 18.1 Å². The Labute approximate surface area is 109 Å². The fraction of sp³-hybridized carbons (Fsp3) is 0.333. The second kappa shape index (κ2) is 6.35. The van der Waals surface area contributed by atoms with E-state index in [1.54, 1.807) is 13.0 Å². The van der Waals surface area contributed by atoms with Crippen molar-refractivity contribution in [3.8, 4) is 11.8 Å². The Morgan fingerprint density at radius 2 is 2.21 bits per heavy atom. The van der Waals surface area contributed by atoms with Gasteiger partial charge >= 0.3 is 5.97 Å². The number of hydrogen-bond donors (Lipinski definition) is 0. The van der Waals surface area contributed by atoms with Gasteiger partial charge in [-0.1, -0.05) is 0 Å². The summed E-state index contributed by atoms with van der Waals surface area (Å²) in [6.07, 6.45) is -0.107. The first-order chi connectivity index (χ1) is 9.04. The van der Waals surface area contributed by atoms with Crippen LogP contribution >= 0.6 is 0 Å². The highest BCUT2D eigenvalue weighted by molar-refractivity contribution is 5.75. The maximum absolute atomic E-state index is 11.4. The van der Waals surface area contributed by atoms with E-state index in [0.717, 1.165) is 0 Å². The van der Waals surface area contributed by atoms with E-state index in [9.17, 15) is 14.9 Å². The second-order valence-corrected chi connectivity index (χ2v) is 3.50. The number of nitro groups is 1. The molecule has 1 aromatic rings. The van der Waals surface area contributed by atoms with Crippen LogP contribution in [0.25, 0.3) is 0 Å². The average Bonchev–Trinajstić information content (AvgIpc) is 2.37. The minimum Gasteiger partial charge on any atom is -0.495 e. The molecule has 0 bridgehead atoms. The first-order valence-electron chi connectivity index (χ1n) is 5.45. The molecule has 0 amide bonds. The molecule has 19 heavy (non-hydrogen) atoms. The van der Waals surface area contributed by atoms with Crippen molar-refractivity contribution in [3.05, 3.63) is 33.4 Å². The van der Waals surface area contributed by atoms with Gasteiger partial charge in [0, 0.05) is 11.6 Å². The van der Waals surface area contributed by atoms with E-state index in [1.165, 1.54) is 19.2 Å². The van der Waals surface area contributed by atoms with Crippen molar-refractivity contribution in [2.45, 2.75) is 13.3 Å². The lowest BCUT2D eigenvalue weighted by Gasteiger charge is -2.09. The number of hydrogen-bond acceptors (Lipinski definition) is 6. The standard InChI is InChI=1S/C12H12N2O5/c1-3-19-11(15)6-8-4-5-10(14(16)17)9(7-13)12(8)18-2/h4-5H,3,6H2,1-2H3. The summed E-state index contributed by atoms with van der Waals surface area (Å²) >= 11 is 0. The molecule has 100 valence electrons. The molecule has 0 atom stereocenters. The largest absolute Gasteiger partial charge is 0.495 e. The van der Waals surface area contributed by atoms with Crippen molar-refractivity contribution in [1.82, 2.24) is 0 Å². The summed E-state index contributed by atoms with van der Waals surface area (Å²) in [6.45, 7) is 1.91. The third kappa shape index (κ3) is 3.19. The third-order valence-electron chi connectivity index (χ3n) is 2.37. The number of carbonyl (C=O) groups excluding carboxylic acids is 1. The van der Waals surface area contributed by atoms with Crippen molar-refractivity contribution < 1.29 is 19.2 Å². The molecule has 0 saturated carbocycles. The smallest absolute Gasteiger partial charge is 0.310 e. The topological polar surface area (TPSA) is 102 Å². The zero-order chi connectivity index (χ0) is 14.4. The first kappa shape index (κ1) is 14.4. The number of nitrogens with zero attached hydrogens (tertiary/aromatic N) is 2. The Bertz CT molecular complexity index is 548. The molecule has 0 N–H and O–H groups in total. The summed E-state index contributed by atoms with van der Waals surface area (Å²) in [4.78, 5) is 21.5. The minimum absolute atomic E-state index is 0.0322. The Balaban J connectivity index is 3.25. The van der Waals surface area contributed by atoms with Crippen molar-refractivity contribution in [3.63, 3.8) is 0 Å². The van der Waals surface area contributed by atoms with Crippen LogP contribution in [0.15, 0.2) is 12.1 Å². The number of esters is 1. The molecule has 1 aromatic carbocycles. The van der Waals surface area contributed by atoms with Crippen LogP contribution in [-0.2, 0) is 16.0 Å². The van der Waals surface area contributed by atoms with Crippen LogP contribution in [0.5, 0.6) is 5.75 Å². The second-order valence-electron chi connectivity index (χ2n) is 3.50. The summed E-state index contributed by atoms with van der Waals surface area (Å²) in [5, 5.41) is 19.8. The van der Waals surface area contributed by atoms with Gasteiger partial charge in [-0.15, -0.1) is 0 Å². The molecule has 0 fully saturated rings. The van der Waals surface area contributed by atoms with Crippen molar-refractivity contribution >= 4 is 11.7 Å². The Hall–Kier alpha value is -2.62. The van der Waals surface area contributed by atoms with Gasteiger partial charge in [-0.05, 0) is 13.0 Å². The third-order valence-corrected chi connectivity index (χ3v) is 2.37. The molecule has 1 rings (SSSR count). The number of rotatable bonds is 5. The van der Waals surface area contributed by atoms with Gasteiger partial charge in [-0.2, -0.15) is 5.26 Å². The summed E-state index contributed by atoms with van der Waals surface area (Å²) < 4.78 is 9.79. The molecule has 0 spiro atoms. The zero-order valence-electron chi connectivity index (χ0n) is 10.5. The lowest BCUT2D eigenvalue weighted by molar-refractivity contribution is -0.385. The zero-order valence-corrected chi connectivity index (χ0v) is 10.5. The molecule has 0 aliphatic carbocycles. The van der Waals surface area contributed by atoms with E-state index in [1.807, 2.05) is 0 Å². The number of nitro benzene ring substituents is 1. The summed E-state index contributed by atoms with van der Waals surface area (Å²) in [7, 11) is 1.29. The van der Waals surface area contributed by atoms with Crippen molar-refractivity contribution in [2.24, 2.45) is 0 Å². The molecule has 0 aromatic heterocycles. The fourth-order valence-corrected chi connectivity index (χ4v) is 1.62. The molecule has 0 aliphatic rings. The summed E-state index contributed by atoms with van der Waals surface area (Å²) in [6, 6.07) is 4.28. The van der Waals surface area contributed by atoms with Gasteiger partial charge in [0.25, 0.3) is 5.69 Å². The Morgan fingerprint density at radius 3 is 2.68 bits per heavy atom. The summed E-state index contributed by atoms with van der Waals surface area (Å²) in [5.41, 5.74) is -0.177. The van der Waals surface area contributed by atoms with Gasteiger partial charge in [0.15, 0.2) is 5.56 Å². The SMILES string of the molecule is CCOC(=O)Cc1ccc([N+](=O)[O-])c(C#N)c1OC. The van der Waals surface area contributed by atoms with Crippen LogP contribution in [-0.4, -0.2) is 24.6 Å². The van der Waals surface area contributed by atoms with Gasteiger partial charge in [-0.25, -0.2) is 0 Å². The van der Waals surface area contributed by atoms with E-state index in [4.69, 9.17) is 14.7 Å². The molecule has 0 heterocycles. The monoisotopic (exact) mass is 264 g/mol. The highest BCUT2D eigenvalue weighted by Gasteiger charge is 2.22. The van der Waals surface area contributed by atoms with Crippen LogP contribution in [0, 0.1) is 21.4 Å². The van der Waals surface area contributed by atoms with Crippen molar-refractivity contribution in [2.75, 3.05) is 13.7 Å². The lowest BCUT2D eigenvalue weighted by atomic mass is 10.0. The number of ether oxygens (including phenoxy) is 2. The van der Waals surface area contributed by atoms with E-state index in [0.29, 0.717) is 5.56 Å². The normalized spacial score (nSPS) is 9.53. The van der Waals surface area contributed by atoms with E-state index in [2.05, 4.69) is 0 Å². The van der Waals surface area contributed by atoms with Crippen LogP contribution in [0.3, 0.4) is 0 Å². The predicted octanol–water partition coefficient (Wildman–Crippen LogP) is 1.58. The lowest BCUT2D eigenvalue weighted by Crippen LogP contribution is -2.09. The molecule has 7 nitrogen and oxygen atoms in total. The maximum Gasteiger partial charge on any atom is 0.310 e. The Morgan fingerprint density at radius 1 is 1.53 bits per heavy atom.